The van der Waals surface area contributed by atoms with Crippen molar-refractivity contribution in [2.45, 2.75) is 38.1 Å². The summed E-state index contributed by atoms with van der Waals surface area (Å²) in [6.45, 7) is 1.63. The minimum Gasteiger partial charge on any atom is -0.480 e. The van der Waals surface area contributed by atoms with Crippen LogP contribution in [-0.4, -0.2) is 48.1 Å². The highest BCUT2D eigenvalue weighted by Crippen LogP contribution is 2.46. The first kappa shape index (κ1) is 12.4. The molecule has 1 saturated heterocycles. The Morgan fingerprint density at radius 1 is 1.41 bits per heavy atom. The van der Waals surface area contributed by atoms with Gasteiger partial charge in [0.1, 0.15) is 5.41 Å². The fourth-order valence-electron chi connectivity index (χ4n) is 2.44. The van der Waals surface area contributed by atoms with Crippen LogP contribution in [0.25, 0.3) is 0 Å². The molecule has 0 radical (unpaired) electrons. The second-order valence-electron chi connectivity index (χ2n) is 5.23. The average molecular weight is 240 g/mol. The Kier molecular flexibility index (Phi) is 3.38. The van der Waals surface area contributed by atoms with Crippen LogP contribution in [0.4, 0.5) is 0 Å². The van der Waals surface area contributed by atoms with Gasteiger partial charge in [-0.2, -0.15) is 0 Å². The fraction of sp³-hybridized carbons (Fsp3) is 0.833. The van der Waals surface area contributed by atoms with E-state index in [1.54, 1.807) is 0 Å². The highest BCUT2D eigenvalue weighted by atomic mass is 16.4. The van der Waals surface area contributed by atoms with E-state index in [2.05, 4.69) is 17.3 Å². The van der Waals surface area contributed by atoms with Gasteiger partial charge in [0.05, 0.1) is 0 Å². The molecule has 2 aliphatic rings. The molecule has 5 nitrogen and oxygen atoms in total. The second kappa shape index (κ2) is 4.64. The van der Waals surface area contributed by atoms with E-state index >= 15 is 0 Å². The molecule has 5 heteroatoms. The Bertz CT molecular complexity index is 326. The topological polar surface area (TPSA) is 69.6 Å². The summed E-state index contributed by atoms with van der Waals surface area (Å²) in [6, 6.07) is 0.359. The average Bonchev–Trinajstić information content (AvgIpc) is 3.08. The number of rotatable bonds is 4. The van der Waals surface area contributed by atoms with Gasteiger partial charge in [-0.05, 0) is 39.3 Å². The number of likely N-dealkylation sites (N-methyl/N-ethyl adjacent to an activating group) is 1. The zero-order chi connectivity index (χ0) is 12.5. The predicted molar refractivity (Wildman–Crippen MR) is 62.6 cm³/mol. The van der Waals surface area contributed by atoms with Gasteiger partial charge in [0, 0.05) is 12.6 Å². The van der Waals surface area contributed by atoms with Crippen LogP contribution in [0.3, 0.4) is 0 Å². The van der Waals surface area contributed by atoms with Crippen molar-refractivity contribution < 1.29 is 14.7 Å². The molecule has 0 aromatic rings. The first-order valence-corrected chi connectivity index (χ1v) is 6.28. The molecule has 1 aliphatic carbocycles. The highest BCUT2D eigenvalue weighted by Gasteiger charge is 2.57. The lowest BCUT2D eigenvalue weighted by atomic mass is 10.0. The molecule has 1 amide bonds. The minimum absolute atomic E-state index is 0.302. The summed E-state index contributed by atoms with van der Waals surface area (Å²) in [4.78, 5) is 25.0. The van der Waals surface area contributed by atoms with E-state index in [1.165, 1.54) is 12.8 Å². The molecule has 2 rings (SSSR count). The summed E-state index contributed by atoms with van der Waals surface area (Å²) in [7, 11) is 2.06. The molecule has 1 atom stereocenters. The van der Waals surface area contributed by atoms with Crippen LogP contribution in [0.1, 0.15) is 32.1 Å². The third kappa shape index (κ3) is 2.44. The van der Waals surface area contributed by atoms with Crippen LogP contribution in [-0.2, 0) is 9.59 Å². The number of aliphatic carboxylic acids is 1. The van der Waals surface area contributed by atoms with Crippen molar-refractivity contribution in [2.75, 3.05) is 20.1 Å². The van der Waals surface area contributed by atoms with Gasteiger partial charge in [0.15, 0.2) is 0 Å². The third-order valence-corrected chi connectivity index (χ3v) is 4.01. The van der Waals surface area contributed by atoms with Crippen molar-refractivity contribution in [3.8, 4) is 0 Å². The monoisotopic (exact) mass is 240 g/mol. The third-order valence-electron chi connectivity index (χ3n) is 4.01. The van der Waals surface area contributed by atoms with Gasteiger partial charge < -0.3 is 15.3 Å². The maximum Gasteiger partial charge on any atom is 0.319 e. The van der Waals surface area contributed by atoms with E-state index in [0.717, 1.165) is 13.0 Å². The number of carboxylic acids is 1. The van der Waals surface area contributed by atoms with Gasteiger partial charge in [-0.3, -0.25) is 9.59 Å². The number of nitrogens with one attached hydrogen (secondary N) is 1. The van der Waals surface area contributed by atoms with Crippen LogP contribution < -0.4 is 5.32 Å². The first-order chi connectivity index (χ1) is 8.06. The molecular formula is C12H20N2O3. The number of hydrogen-bond acceptors (Lipinski definition) is 3. The van der Waals surface area contributed by atoms with Gasteiger partial charge in [-0.1, -0.05) is 6.42 Å². The maximum atomic E-state index is 11.8. The summed E-state index contributed by atoms with van der Waals surface area (Å²) < 4.78 is 0. The number of hydrogen-bond donors (Lipinski definition) is 2. The van der Waals surface area contributed by atoms with Crippen molar-refractivity contribution in [3.63, 3.8) is 0 Å². The number of nitrogens with zero attached hydrogens (tertiary/aromatic N) is 1. The van der Waals surface area contributed by atoms with Crippen LogP contribution >= 0.6 is 0 Å². The Hall–Kier alpha value is -1.10. The number of piperidine rings is 1. The van der Waals surface area contributed by atoms with Crippen LogP contribution in [0.5, 0.6) is 0 Å². The van der Waals surface area contributed by atoms with Gasteiger partial charge in [0.2, 0.25) is 5.91 Å². The molecular weight excluding hydrogens is 220 g/mol. The van der Waals surface area contributed by atoms with Crippen LogP contribution in [0.2, 0.25) is 0 Å². The van der Waals surface area contributed by atoms with Crippen LogP contribution in [0.15, 0.2) is 0 Å². The van der Waals surface area contributed by atoms with E-state index in [1.807, 2.05) is 0 Å². The van der Waals surface area contributed by atoms with Crippen molar-refractivity contribution in [3.05, 3.63) is 0 Å². The van der Waals surface area contributed by atoms with Crippen molar-refractivity contribution >= 4 is 11.9 Å². The smallest absolute Gasteiger partial charge is 0.319 e. The maximum absolute atomic E-state index is 11.8. The highest BCUT2D eigenvalue weighted by molar-refractivity contribution is 6.04. The molecule has 1 aliphatic heterocycles. The summed E-state index contributed by atoms with van der Waals surface area (Å²) in [5, 5.41) is 11.8. The zero-order valence-electron chi connectivity index (χ0n) is 10.2. The second-order valence-corrected chi connectivity index (χ2v) is 5.23. The largest absolute Gasteiger partial charge is 0.480 e. The number of likely N-dealkylation sites (tertiary alicyclic amines) is 1. The van der Waals surface area contributed by atoms with Crippen molar-refractivity contribution in [1.82, 2.24) is 10.2 Å². The normalized spacial score (nSPS) is 27.5. The number of amides is 1. The van der Waals surface area contributed by atoms with Crippen LogP contribution in [0, 0.1) is 5.41 Å². The van der Waals surface area contributed by atoms with Gasteiger partial charge in [0.25, 0.3) is 0 Å². The Balaban J connectivity index is 1.82. The van der Waals surface area contributed by atoms with E-state index in [9.17, 15) is 9.59 Å². The quantitative estimate of drug-likeness (QED) is 0.700. The molecule has 17 heavy (non-hydrogen) atoms. The predicted octanol–water partition coefficient (Wildman–Crippen LogP) is 0.452. The molecule has 2 N–H and O–H groups in total. The van der Waals surface area contributed by atoms with E-state index in [-0.39, 0.29) is 5.91 Å². The lowest BCUT2D eigenvalue weighted by molar-refractivity contribution is -0.149. The molecule has 2 fully saturated rings. The molecule has 1 saturated carbocycles. The molecule has 1 heterocycles. The molecule has 1 unspecified atom stereocenters. The number of carbonyl (C=O) groups is 2. The zero-order valence-corrected chi connectivity index (χ0v) is 10.2. The molecule has 0 aromatic heterocycles. The summed E-state index contributed by atoms with van der Waals surface area (Å²) in [5.74, 6) is -1.28. The Morgan fingerprint density at radius 2 is 2.12 bits per heavy atom. The van der Waals surface area contributed by atoms with E-state index in [4.69, 9.17) is 5.11 Å². The standard InChI is InChI=1S/C12H20N2O3/c1-14-7-3-2-4-9(14)8-13-10(15)12(5-6-12)11(16)17/h9H,2-8H2,1H3,(H,13,15)(H,16,17). The molecule has 96 valence electrons. The van der Waals surface area contributed by atoms with Crippen molar-refractivity contribution in [1.29, 1.82) is 0 Å². The van der Waals surface area contributed by atoms with Gasteiger partial charge >= 0.3 is 5.97 Å². The summed E-state index contributed by atoms with van der Waals surface area (Å²) in [6.07, 6.45) is 4.44. The fourth-order valence-corrected chi connectivity index (χ4v) is 2.44. The lowest BCUT2D eigenvalue weighted by Gasteiger charge is -2.32. The number of carboxylic acid groups (broad SMARTS) is 1. The summed E-state index contributed by atoms with van der Waals surface area (Å²) in [5.41, 5.74) is -1.10. The number of carbonyl (C=O) groups excluding carboxylic acids is 1. The Labute approximate surface area is 101 Å². The first-order valence-electron chi connectivity index (χ1n) is 6.28. The molecule has 0 aromatic carbocycles. The Morgan fingerprint density at radius 3 is 2.65 bits per heavy atom. The van der Waals surface area contributed by atoms with Crippen molar-refractivity contribution in [2.24, 2.45) is 5.41 Å². The molecule has 0 spiro atoms. The lowest BCUT2D eigenvalue weighted by Crippen LogP contribution is -2.47. The summed E-state index contributed by atoms with van der Waals surface area (Å²) >= 11 is 0. The minimum atomic E-state index is -1.10. The van der Waals surface area contributed by atoms with Gasteiger partial charge in [-0.25, -0.2) is 0 Å². The van der Waals surface area contributed by atoms with E-state index < -0.39 is 11.4 Å². The van der Waals surface area contributed by atoms with E-state index in [0.29, 0.717) is 25.4 Å². The van der Waals surface area contributed by atoms with Gasteiger partial charge in [-0.15, -0.1) is 0 Å². The SMILES string of the molecule is CN1CCCCC1CNC(=O)C1(C(=O)O)CC1. The molecule has 0 bridgehead atoms.